The molecule has 0 atom stereocenters. The molecule has 0 radical (unpaired) electrons. The maximum absolute atomic E-state index is 13.4. The van der Waals surface area contributed by atoms with Crippen LogP contribution in [-0.4, -0.2) is 47.2 Å². The summed E-state index contributed by atoms with van der Waals surface area (Å²) >= 11 is 0. The number of rotatable bonds is 6. The summed E-state index contributed by atoms with van der Waals surface area (Å²) in [6.07, 6.45) is 3.53. The Hall–Kier alpha value is -3.48. The molecule has 2 heterocycles. The zero-order valence-corrected chi connectivity index (χ0v) is 18.1. The number of carbonyl (C=O) groups excluding carboxylic acids is 3. The summed E-state index contributed by atoms with van der Waals surface area (Å²) in [6, 6.07) is 13.1. The van der Waals surface area contributed by atoms with E-state index in [0.29, 0.717) is 28.9 Å². The average Bonchev–Trinajstić information content (AvgIpc) is 3.04. The predicted molar refractivity (Wildman–Crippen MR) is 120 cm³/mol. The first-order valence-corrected chi connectivity index (χ1v) is 10.9. The first-order valence-electron chi connectivity index (χ1n) is 10.9. The minimum Gasteiger partial charge on any atom is -0.366 e. The second-order valence-electron chi connectivity index (χ2n) is 8.17. The topological polar surface area (TPSA) is 69.7 Å². The maximum atomic E-state index is 13.4. The van der Waals surface area contributed by atoms with Crippen molar-refractivity contribution in [3.8, 4) is 0 Å². The van der Waals surface area contributed by atoms with E-state index in [0.717, 1.165) is 37.9 Å². The van der Waals surface area contributed by atoms with Crippen molar-refractivity contribution in [2.75, 3.05) is 25.0 Å². The number of hydrogen-bond acceptors (Lipinski definition) is 4. The van der Waals surface area contributed by atoms with E-state index in [9.17, 15) is 18.8 Å². The van der Waals surface area contributed by atoms with Gasteiger partial charge in [-0.15, -0.1) is 0 Å². The van der Waals surface area contributed by atoms with E-state index < -0.39 is 0 Å². The Morgan fingerprint density at radius 3 is 2.22 bits per heavy atom. The molecule has 0 bridgehead atoms. The van der Waals surface area contributed by atoms with Gasteiger partial charge in [-0.25, -0.2) is 4.39 Å². The van der Waals surface area contributed by atoms with E-state index in [2.05, 4.69) is 5.32 Å². The van der Waals surface area contributed by atoms with Gasteiger partial charge in [-0.3, -0.25) is 19.3 Å². The van der Waals surface area contributed by atoms with E-state index in [1.54, 1.807) is 36.4 Å². The van der Waals surface area contributed by atoms with Crippen LogP contribution in [0.2, 0.25) is 0 Å². The molecule has 0 aromatic heterocycles. The fourth-order valence-corrected chi connectivity index (χ4v) is 4.25. The van der Waals surface area contributed by atoms with Crippen molar-refractivity contribution in [2.45, 2.75) is 32.6 Å². The highest BCUT2D eigenvalue weighted by Gasteiger charge is 2.41. The minimum atomic E-state index is -0.318. The number of benzene rings is 2. The largest absolute Gasteiger partial charge is 0.366 e. The van der Waals surface area contributed by atoms with Crippen LogP contribution in [0, 0.1) is 5.82 Å². The lowest BCUT2D eigenvalue weighted by atomic mass is 10.0. The van der Waals surface area contributed by atoms with Crippen molar-refractivity contribution in [2.24, 2.45) is 0 Å². The number of hydrogen-bond donors (Lipinski definition) is 1. The quantitative estimate of drug-likeness (QED) is 0.704. The van der Waals surface area contributed by atoms with E-state index in [1.165, 1.54) is 24.0 Å². The molecule has 166 valence electrons. The third-order valence-corrected chi connectivity index (χ3v) is 5.85. The highest BCUT2D eigenvalue weighted by atomic mass is 19.1. The molecule has 0 saturated carbocycles. The van der Waals surface area contributed by atoms with Gasteiger partial charge in [0.1, 0.15) is 11.5 Å². The summed E-state index contributed by atoms with van der Waals surface area (Å²) in [6.45, 7) is 3.15. The first-order chi connectivity index (χ1) is 15.4. The van der Waals surface area contributed by atoms with Gasteiger partial charge in [-0.05, 0) is 61.1 Å². The molecule has 32 heavy (non-hydrogen) atoms. The lowest BCUT2D eigenvalue weighted by Crippen LogP contribution is -2.38. The van der Waals surface area contributed by atoms with Crippen LogP contribution in [0.5, 0.6) is 0 Å². The minimum absolute atomic E-state index is 0.176. The fourth-order valence-electron chi connectivity index (χ4n) is 4.25. The van der Waals surface area contributed by atoms with E-state index in [-0.39, 0.29) is 30.1 Å². The summed E-state index contributed by atoms with van der Waals surface area (Å²) in [5.74, 6) is -1.09. The van der Waals surface area contributed by atoms with Gasteiger partial charge >= 0.3 is 0 Å². The van der Waals surface area contributed by atoms with Crippen LogP contribution in [0.15, 0.2) is 54.2 Å². The molecule has 6 nitrogen and oxygen atoms in total. The number of nitrogens with zero attached hydrogens (tertiary/aromatic N) is 2. The number of imide groups is 1. The van der Waals surface area contributed by atoms with Gasteiger partial charge in [0, 0.05) is 32.2 Å². The first kappa shape index (κ1) is 21.7. The normalized spacial score (nSPS) is 16.7. The van der Waals surface area contributed by atoms with Crippen molar-refractivity contribution in [1.82, 2.24) is 9.80 Å². The van der Waals surface area contributed by atoms with Gasteiger partial charge < -0.3 is 10.2 Å². The van der Waals surface area contributed by atoms with E-state index in [1.807, 2.05) is 4.90 Å². The molecular formula is C25H26FN3O3. The van der Waals surface area contributed by atoms with Crippen molar-refractivity contribution in [1.29, 1.82) is 0 Å². The molecular weight excluding hydrogens is 409 g/mol. The standard InChI is InChI=1S/C25H26FN3O3/c1-17(30)27-21-11-7-19(8-12-21)22-23(28-14-3-2-4-15-28)25(32)29(24(22)31)16-13-18-5-9-20(26)10-6-18/h5-12H,2-4,13-16H2,1H3,(H,27,30). The molecule has 3 amide bonds. The van der Waals surface area contributed by atoms with Gasteiger partial charge in [0.25, 0.3) is 11.8 Å². The molecule has 1 N–H and O–H groups in total. The average molecular weight is 435 g/mol. The van der Waals surface area contributed by atoms with Crippen LogP contribution >= 0.6 is 0 Å². The molecule has 2 aromatic rings. The number of likely N-dealkylation sites (tertiary alicyclic amines) is 1. The van der Waals surface area contributed by atoms with Gasteiger partial charge in [0.15, 0.2) is 0 Å². The number of anilines is 1. The second kappa shape index (κ2) is 9.34. The number of amides is 3. The van der Waals surface area contributed by atoms with Crippen LogP contribution in [0.25, 0.3) is 5.57 Å². The van der Waals surface area contributed by atoms with Crippen molar-refractivity contribution >= 4 is 29.0 Å². The van der Waals surface area contributed by atoms with Crippen LogP contribution in [0.4, 0.5) is 10.1 Å². The van der Waals surface area contributed by atoms with E-state index >= 15 is 0 Å². The summed E-state index contributed by atoms with van der Waals surface area (Å²) in [4.78, 5) is 41.4. The van der Waals surface area contributed by atoms with Crippen molar-refractivity contribution in [3.63, 3.8) is 0 Å². The lowest BCUT2D eigenvalue weighted by molar-refractivity contribution is -0.137. The molecule has 0 unspecified atom stereocenters. The second-order valence-corrected chi connectivity index (χ2v) is 8.17. The Bertz CT molecular complexity index is 1050. The Kier molecular flexibility index (Phi) is 6.35. The fraction of sp³-hybridized carbons (Fsp3) is 0.320. The van der Waals surface area contributed by atoms with Crippen molar-refractivity contribution in [3.05, 3.63) is 71.2 Å². The Morgan fingerprint density at radius 1 is 0.938 bits per heavy atom. The Labute approximate surface area is 186 Å². The molecule has 1 fully saturated rings. The third-order valence-electron chi connectivity index (χ3n) is 5.85. The number of nitrogens with one attached hydrogen (secondary N) is 1. The molecule has 2 aliphatic rings. The maximum Gasteiger partial charge on any atom is 0.277 e. The van der Waals surface area contributed by atoms with Crippen LogP contribution in [0.3, 0.4) is 0 Å². The summed E-state index contributed by atoms with van der Waals surface area (Å²) < 4.78 is 13.2. The molecule has 2 aromatic carbocycles. The van der Waals surface area contributed by atoms with Crippen LogP contribution in [0.1, 0.15) is 37.3 Å². The zero-order chi connectivity index (χ0) is 22.7. The number of carbonyl (C=O) groups is 3. The van der Waals surface area contributed by atoms with Crippen LogP contribution < -0.4 is 5.32 Å². The SMILES string of the molecule is CC(=O)Nc1ccc(C2=C(N3CCCCC3)C(=O)N(CCc3ccc(F)cc3)C2=O)cc1. The van der Waals surface area contributed by atoms with Gasteiger partial charge in [-0.1, -0.05) is 24.3 Å². The van der Waals surface area contributed by atoms with E-state index in [4.69, 9.17) is 0 Å². The molecule has 0 spiro atoms. The molecule has 2 aliphatic heterocycles. The summed E-state index contributed by atoms with van der Waals surface area (Å²) in [5, 5.41) is 2.71. The molecule has 1 saturated heterocycles. The number of piperidine rings is 1. The molecule has 4 rings (SSSR count). The Morgan fingerprint density at radius 2 is 1.59 bits per heavy atom. The monoisotopic (exact) mass is 435 g/mol. The summed E-state index contributed by atoms with van der Waals surface area (Å²) in [7, 11) is 0. The van der Waals surface area contributed by atoms with Gasteiger partial charge in [-0.2, -0.15) is 0 Å². The van der Waals surface area contributed by atoms with Crippen LogP contribution in [-0.2, 0) is 20.8 Å². The van der Waals surface area contributed by atoms with Crippen molar-refractivity contribution < 1.29 is 18.8 Å². The molecule has 7 heteroatoms. The highest BCUT2D eigenvalue weighted by molar-refractivity contribution is 6.35. The smallest absolute Gasteiger partial charge is 0.277 e. The van der Waals surface area contributed by atoms with Gasteiger partial charge in [0.2, 0.25) is 5.91 Å². The predicted octanol–water partition coefficient (Wildman–Crippen LogP) is 3.59. The summed E-state index contributed by atoms with van der Waals surface area (Å²) in [5.41, 5.74) is 3.01. The van der Waals surface area contributed by atoms with Gasteiger partial charge in [0.05, 0.1) is 5.57 Å². The highest BCUT2D eigenvalue weighted by Crippen LogP contribution is 2.33. The zero-order valence-electron chi connectivity index (χ0n) is 18.1. The number of halogens is 1. The molecule has 0 aliphatic carbocycles. The Balaban J connectivity index is 1.62. The lowest BCUT2D eigenvalue weighted by Gasteiger charge is -2.29. The third kappa shape index (κ3) is 4.56.